The molecule has 0 spiro atoms. The first kappa shape index (κ1) is 12.9. The number of alkyl halides is 2. The minimum absolute atomic E-state index is 0.567. The summed E-state index contributed by atoms with van der Waals surface area (Å²) in [6.45, 7) is 2.98. The minimum atomic E-state index is -1.24. The van der Waals surface area contributed by atoms with Crippen LogP contribution in [0.25, 0.3) is 0 Å². The number of rotatable bonds is 4. The molecule has 0 aliphatic rings. The van der Waals surface area contributed by atoms with E-state index in [4.69, 9.17) is 10.2 Å². The van der Waals surface area contributed by atoms with Crippen LogP contribution in [0.5, 0.6) is 0 Å². The average Bonchev–Trinajstić information content (AvgIpc) is 2.01. The van der Waals surface area contributed by atoms with Crippen molar-refractivity contribution in [1.82, 2.24) is 0 Å². The molecule has 0 amide bonds. The van der Waals surface area contributed by atoms with E-state index in [9.17, 15) is 9.59 Å². The molecule has 0 fully saturated rings. The van der Waals surface area contributed by atoms with E-state index < -0.39 is 27.0 Å². The largest absolute Gasteiger partial charge is 0.480 e. The molecule has 0 radical (unpaired) electrons. The number of halogens is 2. The van der Waals surface area contributed by atoms with E-state index in [1.165, 1.54) is 6.92 Å². The van der Waals surface area contributed by atoms with E-state index in [0.29, 0.717) is 0 Å². The van der Waals surface area contributed by atoms with E-state index in [1.54, 1.807) is 6.92 Å². The van der Waals surface area contributed by atoms with Gasteiger partial charge in [0.2, 0.25) is 0 Å². The zero-order chi connectivity index (χ0) is 10.8. The van der Waals surface area contributed by atoms with Gasteiger partial charge in [-0.25, -0.2) is 0 Å². The monoisotopic (exact) mass is 316 g/mol. The Bertz CT molecular complexity index is 227. The summed E-state index contributed by atoms with van der Waals surface area (Å²) in [5.74, 6) is -2.72. The van der Waals surface area contributed by atoms with Gasteiger partial charge in [0.15, 0.2) is 0 Å². The first-order valence-electron chi connectivity index (χ1n) is 3.50. The Kier molecular flexibility index (Phi) is 4.38. The first-order valence-corrected chi connectivity index (χ1v) is 5.21. The third-order valence-electron chi connectivity index (χ3n) is 1.95. The fourth-order valence-electron chi connectivity index (χ4n) is 0.683. The maximum Gasteiger partial charge on any atom is 0.320 e. The van der Waals surface area contributed by atoms with Crippen LogP contribution in [0, 0.1) is 5.92 Å². The molecule has 76 valence electrons. The Balaban J connectivity index is 4.67. The van der Waals surface area contributed by atoms with Crippen molar-refractivity contribution in [2.75, 3.05) is 0 Å². The fourth-order valence-corrected chi connectivity index (χ4v) is 1.83. The zero-order valence-electron chi connectivity index (χ0n) is 7.12. The highest BCUT2D eigenvalue weighted by Gasteiger charge is 2.42. The van der Waals surface area contributed by atoms with E-state index in [2.05, 4.69) is 31.9 Å². The smallest absolute Gasteiger partial charge is 0.320 e. The molecule has 0 saturated heterocycles. The highest BCUT2D eigenvalue weighted by Crippen LogP contribution is 2.33. The van der Waals surface area contributed by atoms with Crippen LogP contribution >= 0.6 is 31.9 Å². The molecule has 0 aromatic heterocycles. The van der Waals surface area contributed by atoms with Crippen molar-refractivity contribution in [2.45, 2.75) is 23.0 Å². The molecule has 3 atom stereocenters. The van der Waals surface area contributed by atoms with Gasteiger partial charge in [-0.1, -0.05) is 38.8 Å². The molecular formula is C7H10Br2O4. The van der Waals surface area contributed by atoms with E-state index >= 15 is 0 Å². The number of carboxylic acid groups (broad SMARTS) is 2. The number of hydrogen-bond acceptors (Lipinski definition) is 2. The predicted octanol–water partition coefficient (Wildman–Crippen LogP) is 1.71. The van der Waals surface area contributed by atoms with Gasteiger partial charge in [0.25, 0.3) is 0 Å². The van der Waals surface area contributed by atoms with Crippen LogP contribution in [0.3, 0.4) is 0 Å². The third-order valence-corrected chi connectivity index (χ3v) is 4.19. The molecule has 0 aliphatic carbocycles. The van der Waals surface area contributed by atoms with Crippen LogP contribution in [0.15, 0.2) is 0 Å². The van der Waals surface area contributed by atoms with Gasteiger partial charge in [0.05, 0.1) is 0 Å². The van der Waals surface area contributed by atoms with Gasteiger partial charge < -0.3 is 10.2 Å². The molecule has 13 heavy (non-hydrogen) atoms. The van der Waals surface area contributed by atoms with Crippen LogP contribution in [0.4, 0.5) is 0 Å². The van der Waals surface area contributed by atoms with Crippen LogP contribution < -0.4 is 0 Å². The summed E-state index contributed by atoms with van der Waals surface area (Å²) in [5.41, 5.74) is 0. The molecular weight excluding hydrogens is 308 g/mol. The van der Waals surface area contributed by atoms with Gasteiger partial charge in [-0.05, 0) is 6.92 Å². The van der Waals surface area contributed by atoms with Crippen molar-refractivity contribution >= 4 is 43.8 Å². The zero-order valence-corrected chi connectivity index (χ0v) is 10.3. The van der Waals surface area contributed by atoms with Crippen molar-refractivity contribution < 1.29 is 19.8 Å². The molecule has 0 aromatic rings. The third kappa shape index (κ3) is 2.95. The Labute approximate surface area is 92.6 Å². The summed E-state index contributed by atoms with van der Waals surface area (Å²) < 4.78 is -1.24. The highest BCUT2D eigenvalue weighted by atomic mass is 79.9. The lowest BCUT2D eigenvalue weighted by atomic mass is 9.93. The lowest BCUT2D eigenvalue weighted by Crippen LogP contribution is -2.42. The minimum Gasteiger partial charge on any atom is -0.480 e. The van der Waals surface area contributed by atoms with Crippen LogP contribution in [-0.2, 0) is 9.59 Å². The van der Waals surface area contributed by atoms with Gasteiger partial charge in [-0.3, -0.25) is 9.59 Å². The van der Waals surface area contributed by atoms with Crippen molar-refractivity contribution in [3.63, 3.8) is 0 Å². The number of hydrogen-bond donors (Lipinski definition) is 2. The number of aliphatic carboxylic acids is 2. The van der Waals surface area contributed by atoms with Crippen molar-refractivity contribution in [3.8, 4) is 0 Å². The van der Waals surface area contributed by atoms with Crippen LogP contribution in [0.2, 0.25) is 0 Å². The van der Waals surface area contributed by atoms with E-state index in [0.717, 1.165) is 0 Å². The lowest BCUT2D eigenvalue weighted by Gasteiger charge is -2.26. The second-order valence-electron chi connectivity index (χ2n) is 2.91. The molecule has 4 nitrogen and oxygen atoms in total. The molecule has 0 aromatic carbocycles. The summed E-state index contributed by atoms with van der Waals surface area (Å²) in [6.07, 6.45) is 0. The Morgan fingerprint density at radius 3 is 2.00 bits per heavy atom. The van der Waals surface area contributed by atoms with Crippen LogP contribution in [0.1, 0.15) is 13.8 Å². The molecule has 0 heterocycles. The Hall–Kier alpha value is -0.100. The lowest BCUT2D eigenvalue weighted by molar-refractivity contribution is -0.141. The van der Waals surface area contributed by atoms with E-state index in [-0.39, 0.29) is 0 Å². The van der Waals surface area contributed by atoms with Gasteiger partial charge in [-0.15, -0.1) is 0 Å². The van der Waals surface area contributed by atoms with Crippen molar-refractivity contribution in [1.29, 1.82) is 0 Å². The number of carbonyl (C=O) groups is 2. The summed E-state index contributed by atoms with van der Waals surface area (Å²) in [7, 11) is 0. The van der Waals surface area contributed by atoms with Gasteiger partial charge in [-0.2, -0.15) is 0 Å². The molecule has 3 unspecified atom stereocenters. The molecule has 2 N–H and O–H groups in total. The molecule has 0 bridgehead atoms. The molecule has 0 aliphatic heterocycles. The molecule has 0 rings (SSSR count). The van der Waals surface area contributed by atoms with Crippen molar-refractivity contribution in [2.24, 2.45) is 5.92 Å². The summed E-state index contributed by atoms with van der Waals surface area (Å²) >= 11 is 5.91. The molecule has 6 heteroatoms. The van der Waals surface area contributed by atoms with Crippen molar-refractivity contribution in [3.05, 3.63) is 0 Å². The second-order valence-corrected chi connectivity index (χ2v) is 5.54. The first-order chi connectivity index (χ1) is 5.71. The van der Waals surface area contributed by atoms with Gasteiger partial charge in [0.1, 0.15) is 9.15 Å². The van der Waals surface area contributed by atoms with Crippen LogP contribution in [-0.4, -0.2) is 31.3 Å². The predicted molar refractivity (Wildman–Crippen MR) is 54.5 cm³/mol. The molecule has 0 saturated carbocycles. The van der Waals surface area contributed by atoms with Gasteiger partial charge in [0, 0.05) is 5.92 Å². The topological polar surface area (TPSA) is 74.6 Å². The Morgan fingerprint density at radius 1 is 1.38 bits per heavy atom. The van der Waals surface area contributed by atoms with E-state index in [1.807, 2.05) is 0 Å². The average molecular weight is 318 g/mol. The summed E-state index contributed by atoms with van der Waals surface area (Å²) in [4.78, 5) is 20.4. The Morgan fingerprint density at radius 2 is 1.77 bits per heavy atom. The highest BCUT2D eigenvalue weighted by molar-refractivity contribution is 9.10. The fraction of sp³-hybridized carbons (Fsp3) is 0.714. The number of carboxylic acids is 2. The summed E-state index contributed by atoms with van der Waals surface area (Å²) in [5, 5.41) is 17.4. The maximum atomic E-state index is 10.7. The second kappa shape index (κ2) is 4.41. The quantitative estimate of drug-likeness (QED) is 0.774. The SMILES string of the molecule is CC(C(Br)C(=O)O)C(C)(Br)C(=O)O. The maximum absolute atomic E-state index is 10.7. The van der Waals surface area contributed by atoms with Gasteiger partial charge >= 0.3 is 11.9 Å². The normalized spacial score (nSPS) is 20.0. The standard InChI is InChI=1S/C7H10Br2O4/c1-3(4(8)5(10)11)7(2,9)6(12)13/h3-4H,1-2H3,(H,10,11)(H,12,13). The summed E-state index contributed by atoms with van der Waals surface area (Å²) in [6, 6.07) is 0.